The Bertz CT molecular complexity index is 404. The largest absolute Gasteiger partial charge is 0.493 e. The first-order valence-corrected chi connectivity index (χ1v) is 8.71. The number of benzene rings is 1. The highest BCUT2D eigenvalue weighted by molar-refractivity contribution is 5.43. The van der Waals surface area contributed by atoms with Crippen LogP contribution in [0.1, 0.15) is 76.9 Å². The van der Waals surface area contributed by atoms with Gasteiger partial charge in [-0.05, 0) is 30.5 Å². The fraction of sp³-hybridized carbons (Fsp3) is 0.684. The molecule has 1 rings (SSSR count). The SMILES string of the molecule is CCCCCCCCCOc1ccc(C(O)CC)cc1OC. The maximum absolute atomic E-state index is 9.88. The minimum atomic E-state index is -0.439. The Morgan fingerprint density at radius 1 is 0.955 bits per heavy atom. The van der Waals surface area contributed by atoms with Crippen molar-refractivity contribution < 1.29 is 14.6 Å². The van der Waals surface area contributed by atoms with E-state index in [4.69, 9.17) is 9.47 Å². The minimum absolute atomic E-state index is 0.439. The third-order valence-electron chi connectivity index (χ3n) is 3.96. The third-order valence-corrected chi connectivity index (χ3v) is 3.96. The number of aliphatic hydroxyl groups is 1. The molecule has 0 aliphatic heterocycles. The molecule has 0 fully saturated rings. The van der Waals surface area contributed by atoms with Gasteiger partial charge in [-0.25, -0.2) is 0 Å². The molecule has 0 spiro atoms. The van der Waals surface area contributed by atoms with Crippen LogP contribution in [0.25, 0.3) is 0 Å². The summed E-state index contributed by atoms with van der Waals surface area (Å²) in [7, 11) is 1.64. The molecule has 22 heavy (non-hydrogen) atoms. The van der Waals surface area contributed by atoms with Crippen molar-refractivity contribution in [3.05, 3.63) is 23.8 Å². The van der Waals surface area contributed by atoms with Crippen LogP contribution in [0.2, 0.25) is 0 Å². The summed E-state index contributed by atoms with van der Waals surface area (Å²) in [4.78, 5) is 0. The second-order valence-corrected chi connectivity index (χ2v) is 5.80. The molecule has 1 aromatic rings. The summed E-state index contributed by atoms with van der Waals surface area (Å²) < 4.78 is 11.2. The van der Waals surface area contributed by atoms with Crippen LogP contribution in [-0.2, 0) is 0 Å². The minimum Gasteiger partial charge on any atom is -0.493 e. The summed E-state index contributed by atoms with van der Waals surface area (Å²) >= 11 is 0. The predicted octanol–water partition coefficient (Wildman–Crippen LogP) is 5.27. The Hall–Kier alpha value is -1.22. The zero-order valence-corrected chi connectivity index (χ0v) is 14.4. The molecule has 0 radical (unpaired) electrons. The van der Waals surface area contributed by atoms with E-state index in [0.29, 0.717) is 12.2 Å². The number of unbranched alkanes of at least 4 members (excludes halogenated alkanes) is 6. The smallest absolute Gasteiger partial charge is 0.161 e. The highest BCUT2D eigenvalue weighted by Gasteiger charge is 2.10. The molecule has 1 aromatic carbocycles. The lowest BCUT2D eigenvalue weighted by molar-refractivity contribution is 0.173. The molecule has 0 heterocycles. The second kappa shape index (κ2) is 11.4. The molecule has 1 atom stereocenters. The van der Waals surface area contributed by atoms with E-state index >= 15 is 0 Å². The van der Waals surface area contributed by atoms with Gasteiger partial charge >= 0.3 is 0 Å². The molecule has 1 N–H and O–H groups in total. The van der Waals surface area contributed by atoms with E-state index in [1.54, 1.807) is 7.11 Å². The van der Waals surface area contributed by atoms with Gasteiger partial charge in [-0.15, -0.1) is 0 Å². The van der Waals surface area contributed by atoms with Crippen LogP contribution in [0.3, 0.4) is 0 Å². The number of ether oxygens (including phenoxy) is 2. The lowest BCUT2D eigenvalue weighted by Crippen LogP contribution is -2.01. The van der Waals surface area contributed by atoms with E-state index in [1.165, 1.54) is 38.5 Å². The van der Waals surface area contributed by atoms with Crippen molar-refractivity contribution in [2.45, 2.75) is 71.3 Å². The van der Waals surface area contributed by atoms with Crippen molar-refractivity contribution in [3.8, 4) is 11.5 Å². The summed E-state index contributed by atoms with van der Waals surface area (Å²) in [6, 6.07) is 5.68. The van der Waals surface area contributed by atoms with Crippen LogP contribution >= 0.6 is 0 Å². The molecule has 3 nitrogen and oxygen atoms in total. The van der Waals surface area contributed by atoms with Crippen molar-refractivity contribution in [2.75, 3.05) is 13.7 Å². The molecule has 3 heteroatoms. The average Bonchev–Trinajstić information content (AvgIpc) is 2.56. The molecule has 0 saturated carbocycles. The molecule has 0 aliphatic carbocycles. The van der Waals surface area contributed by atoms with Crippen molar-refractivity contribution in [2.24, 2.45) is 0 Å². The van der Waals surface area contributed by atoms with Gasteiger partial charge in [-0.2, -0.15) is 0 Å². The van der Waals surface area contributed by atoms with Gasteiger partial charge in [0, 0.05) is 0 Å². The Morgan fingerprint density at radius 3 is 2.27 bits per heavy atom. The van der Waals surface area contributed by atoms with Gasteiger partial charge in [0.25, 0.3) is 0 Å². The number of aliphatic hydroxyl groups excluding tert-OH is 1. The first-order valence-electron chi connectivity index (χ1n) is 8.71. The average molecular weight is 308 g/mol. The van der Waals surface area contributed by atoms with Crippen LogP contribution < -0.4 is 9.47 Å². The van der Waals surface area contributed by atoms with E-state index in [-0.39, 0.29) is 0 Å². The lowest BCUT2D eigenvalue weighted by Gasteiger charge is -2.14. The Kier molecular flexibility index (Phi) is 9.72. The number of hydrogen-bond acceptors (Lipinski definition) is 3. The van der Waals surface area contributed by atoms with E-state index in [9.17, 15) is 5.11 Å². The maximum atomic E-state index is 9.88. The predicted molar refractivity (Wildman–Crippen MR) is 91.7 cm³/mol. The van der Waals surface area contributed by atoms with Crippen molar-refractivity contribution in [3.63, 3.8) is 0 Å². The summed E-state index contributed by atoms with van der Waals surface area (Å²) in [6.07, 6.45) is 9.19. The Balaban J connectivity index is 2.33. The molecule has 0 saturated heterocycles. The lowest BCUT2D eigenvalue weighted by atomic mass is 10.1. The van der Waals surface area contributed by atoms with E-state index in [0.717, 1.165) is 24.3 Å². The number of methoxy groups -OCH3 is 1. The topological polar surface area (TPSA) is 38.7 Å². The van der Waals surface area contributed by atoms with Crippen LogP contribution in [-0.4, -0.2) is 18.8 Å². The normalized spacial score (nSPS) is 12.2. The summed E-state index contributed by atoms with van der Waals surface area (Å²) in [5, 5.41) is 9.88. The van der Waals surface area contributed by atoms with Crippen LogP contribution in [0, 0.1) is 0 Å². The molecule has 0 amide bonds. The maximum Gasteiger partial charge on any atom is 0.161 e. The van der Waals surface area contributed by atoms with Gasteiger partial charge in [0.2, 0.25) is 0 Å². The van der Waals surface area contributed by atoms with E-state index in [2.05, 4.69) is 6.92 Å². The van der Waals surface area contributed by atoms with Crippen LogP contribution in [0.5, 0.6) is 11.5 Å². The first kappa shape index (κ1) is 18.8. The second-order valence-electron chi connectivity index (χ2n) is 5.80. The standard InChI is InChI=1S/C19H32O3/c1-4-6-7-8-9-10-11-14-22-18-13-12-16(17(20)5-2)15-19(18)21-3/h12-13,15,17,20H,4-11,14H2,1-3H3. The number of hydrogen-bond donors (Lipinski definition) is 1. The number of rotatable bonds is 12. The first-order chi connectivity index (χ1) is 10.7. The summed E-state index contributed by atoms with van der Waals surface area (Å²) in [5.74, 6) is 1.47. The third kappa shape index (κ3) is 6.69. The molecule has 126 valence electrons. The summed E-state index contributed by atoms with van der Waals surface area (Å²) in [5.41, 5.74) is 0.877. The molecule has 0 bridgehead atoms. The molecule has 0 aliphatic rings. The van der Waals surface area contributed by atoms with Crippen molar-refractivity contribution in [1.82, 2.24) is 0 Å². The molecular formula is C19H32O3. The Morgan fingerprint density at radius 2 is 1.64 bits per heavy atom. The van der Waals surface area contributed by atoms with Gasteiger partial charge < -0.3 is 14.6 Å². The quantitative estimate of drug-likeness (QED) is 0.535. The van der Waals surface area contributed by atoms with E-state index in [1.807, 2.05) is 25.1 Å². The van der Waals surface area contributed by atoms with Crippen LogP contribution in [0.4, 0.5) is 0 Å². The highest BCUT2D eigenvalue weighted by Crippen LogP contribution is 2.31. The molecule has 0 aromatic heterocycles. The molecular weight excluding hydrogens is 276 g/mol. The van der Waals surface area contributed by atoms with Crippen molar-refractivity contribution in [1.29, 1.82) is 0 Å². The van der Waals surface area contributed by atoms with Crippen LogP contribution in [0.15, 0.2) is 18.2 Å². The fourth-order valence-corrected chi connectivity index (χ4v) is 2.49. The van der Waals surface area contributed by atoms with Gasteiger partial charge in [-0.3, -0.25) is 0 Å². The highest BCUT2D eigenvalue weighted by atomic mass is 16.5. The van der Waals surface area contributed by atoms with Gasteiger partial charge in [-0.1, -0.05) is 58.4 Å². The van der Waals surface area contributed by atoms with Crippen molar-refractivity contribution >= 4 is 0 Å². The van der Waals surface area contributed by atoms with Gasteiger partial charge in [0.1, 0.15) is 0 Å². The zero-order chi connectivity index (χ0) is 16.2. The van der Waals surface area contributed by atoms with Gasteiger partial charge in [0.15, 0.2) is 11.5 Å². The van der Waals surface area contributed by atoms with E-state index < -0.39 is 6.10 Å². The zero-order valence-electron chi connectivity index (χ0n) is 14.4. The van der Waals surface area contributed by atoms with Gasteiger partial charge in [0.05, 0.1) is 19.8 Å². The summed E-state index contributed by atoms with van der Waals surface area (Å²) in [6.45, 7) is 4.92. The Labute approximate surface area is 135 Å². The molecule has 1 unspecified atom stereocenters. The fourth-order valence-electron chi connectivity index (χ4n) is 2.49. The monoisotopic (exact) mass is 308 g/mol.